The van der Waals surface area contributed by atoms with E-state index in [0.29, 0.717) is 17.8 Å². The Kier molecular flexibility index (Phi) is 4.53. The highest BCUT2D eigenvalue weighted by Crippen LogP contribution is 2.41. The van der Waals surface area contributed by atoms with Crippen LogP contribution in [-0.4, -0.2) is 53.8 Å². The zero-order chi connectivity index (χ0) is 19.3. The number of pyridine rings is 1. The Morgan fingerprint density at radius 2 is 1.96 bits per heavy atom. The first-order chi connectivity index (χ1) is 13.5. The number of likely N-dealkylation sites (tertiary alicyclic amines) is 1. The van der Waals surface area contributed by atoms with Gasteiger partial charge in [-0.2, -0.15) is 0 Å². The fourth-order valence-corrected chi connectivity index (χ4v) is 4.47. The topological polar surface area (TPSA) is 54.5 Å². The molecule has 28 heavy (non-hydrogen) atoms. The van der Waals surface area contributed by atoms with Crippen molar-refractivity contribution in [3.63, 3.8) is 0 Å². The van der Waals surface area contributed by atoms with Crippen LogP contribution < -0.4 is 5.32 Å². The van der Waals surface area contributed by atoms with Crippen molar-refractivity contribution >= 4 is 34.1 Å². The number of rotatable bonds is 4. The van der Waals surface area contributed by atoms with Gasteiger partial charge in [-0.05, 0) is 73.8 Å². The predicted molar refractivity (Wildman–Crippen MR) is 107 cm³/mol. The van der Waals surface area contributed by atoms with Gasteiger partial charge < -0.3 is 10.1 Å². The number of amides is 1. The van der Waals surface area contributed by atoms with E-state index in [9.17, 15) is 9.18 Å². The van der Waals surface area contributed by atoms with Gasteiger partial charge in [0.2, 0.25) is 0 Å². The predicted octanol–water partition coefficient (Wildman–Crippen LogP) is 3.91. The first-order valence-corrected chi connectivity index (χ1v) is 10.3. The molecule has 2 aromatic rings. The standard InChI is InChI=1S/C21H23ClFN3O2/c22-18-8-15-10-24-19(25-20(27)21(23)3-4-21)9-14(15)7-17(18)13-1-5-26(6-2-13)16-11-28-12-16/h7-10,13,16H,1-6,11-12H2,(H,24,25,27). The fraction of sp³-hybridized carbons (Fsp3) is 0.524. The van der Waals surface area contributed by atoms with Crippen molar-refractivity contribution in [2.75, 3.05) is 31.6 Å². The summed E-state index contributed by atoms with van der Waals surface area (Å²) in [6.07, 6.45) is 4.40. The van der Waals surface area contributed by atoms with Crippen molar-refractivity contribution in [3.8, 4) is 0 Å². The lowest BCUT2D eigenvalue weighted by Crippen LogP contribution is -2.51. The van der Waals surface area contributed by atoms with Gasteiger partial charge in [0.1, 0.15) is 5.82 Å². The third-order valence-electron chi connectivity index (χ3n) is 6.28. The van der Waals surface area contributed by atoms with E-state index in [1.165, 1.54) is 0 Å². The zero-order valence-corrected chi connectivity index (χ0v) is 16.3. The Bertz CT molecular complexity index is 921. The second kappa shape index (κ2) is 6.94. The van der Waals surface area contributed by atoms with Crippen LogP contribution in [0.15, 0.2) is 24.4 Å². The average molecular weight is 404 g/mol. The van der Waals surface area contributed by atoms with Gasteiger partial charge >= 0.3 is 0 Å². The van der Waals surface area contributed by atoms with Crippen molar-refractivity contribution in [2.24, 2.45) is 0 Å². The largest absolute Gasteiger partial charge is 0.378 e. The van der Waals surface area contributed by atoms with Gasteiger partial charge in [-0.25, -0.2) is 9.37 Å². The number of carbonyl (C=O) groups is 1. The van der Waals surface area contributed by atoms with Crippen molar-refractivity contribution < 1.29 is 13.9 Å². The normalized spacial score (nSPS) is 22.8. The molecule has 1 aromatic heterocycles. The van der Waals surface area contributed by atoms with Crippen LogP contribution in [0.5, 0.6) is 0 Å². The molecule has 1 aliphatic carbocycles. The van der Waals surface area contributed by atoms with Crippen LogP contribution in [0.1, 0.15) is 37.2 Å². The maximum absolute atomic E-state index is 13.9. The van der Waals surface area contributed by atoms with E-state index in [-0.39, 0.29) is 12.8 Å². The minimum absolute atomic E-state index is 0.290. The highest BCUT2D eigenvalue weighted by molar-refractivity contribution is 6.32. The zero-order valence-electron chi connectivity index (χ0n) is 15.6. The van der Waals surface area contributed by atoms with E-state index in [4.69, 9.17) is 16.3 Å². The van der Waals surface area contributed by atoms with E-state index >= 15 is 0 Å². The Balaban J connectivity index is 1.35. The van der Waals surface area contributed by atoms with Crippen molar-refractivity contribution in [3.05, 3.63) is 35.0 Å². The molecule has 5 rings (SSSR count). The summed E-state index contributed by atoms with van der Waals surface area (Å²) in [5.74, 6) is 0.205. The minimum Gasteiger partial charge on any atom is -0.378 e. The van der Waals surface area contributed by atoms with Crippen LogP contribution in [0.4, 0.5) is 10.2 Å². The van der Waals surface area contributed by atoms with Crippen LogP contribution in [0.3, 0.4) is 0 Å². The summed E-state index contributed by atoms with van der Waals surface area (Å²) in [6.45, 7) is 3.82. The number of halogens is 2. The molecular formula is C21H23ClFN3O2. The molecule has 0 bridgehead atoms. The monoisotopic (exact) mass is 403 g/mol. The number of hydrogen-bond donors (Lipinski definition) is 1. The number of carbonyl (C=O) groups excluding carboxylic acids is 1. The summed E-state index contributed by atoms with van der Waals surface area (Å²) in [7, 11) is 0. The molecule has 0 spiro atoms. The number of benzene rings is 1. The second-order valence-electron chi connectivity index (χ2n) is 8.21. The molecule has 2 saturated heterocycles. The van der Waals surface area contributed by atoms with Crippen LogP contribution in [0.2, 0.25) is 5.02 Å². The summed E-state index contributed by atoms with van der Waals surface area (Å²) < 4.78 is 19.2. The minimum atomic E-state index is -1.71. The lowest BCUT2D eigenvalue weighted by atomic mass is 9.87. The number of fused-ring (bicyclic) bond motifs is 1. The average Bonchev–Trinajstić information content (AvgIpc) is 3.40. The van der Waals surface area contributed by atoms with E-state index in [1.807, 2.05) is 6.07 Å². The third-order valence-corrected chi connectivity index (χ3v) is 6.61. The molecule has 1 aromatic carbocycles. The number of ether oxygens (including phenoxy) is 1. The molecule has 1 N–H and O–H groups in total. The number of anilines is 1. The van der Waals surface area contributed by atoms with E-state index in [1.54, 1.807) is 12.3 Å². The number of aromatic nitrogens is 1. The Hall–Kier alpha value is -1.76. The molecule has 0 radical (unpaired) electrons. The molecule has 3 fully saturated rings. The highest BCUT2D eigenvalue weighted by Gasteiger charge is 2.51. The maximum Gasteiger partial charge on any atom is 0.263 e. The molecule has 3 aliphatic rings. The third kappa shape index (κ3) is 3.38. The van der Waals surface area contributed by atoms with Gasteiger partial charge in [0.15, 0.2) is 5.67 Å². The summed E-state index contributed by atoms with van der Waals surface area (Å²) in [5.41, 5.74) is -0.562. The van der Waals surface area contributed by atoms with E-state index in [0.717, 1.165) is 60.5 Å². The SMILES string of the molecule is O=C(Nc1cc2cc(C3CCN(C4COC4)CC3)c(Cl)cc2cn1)C1(F)CC1. The van der Waals surface area contributed by atoms with Crippen molar-refractivity contribution in [2.45, 2.75) is 43.3 Å². The first-order valence-electron chi connectivity index (χ1n) is 9.93. The van der Waals surface area contributed by atoms with Gasteiger partial charge in [-0.3, -0.25) is 9.69 Å². The quantitative estimate of drug-likeness (QED) is 0.841. The Morgan fingerprint density at radius 1 is 1.21 bits per heavy atom. The van der Waals surface area contributed by atoms with Gasteiger partial charge in [0, 0.05) is 16.6 Å². The van der Waals surface area contributed by atoms with Gasteiger partial charge in [-0.1, -0.05) is 11.6 Å². The Morgan fingerprint density at radius 3 is 2.61 bits per heavy atom. The molecule has 0 atom stereocenters. The lowest BCUT2D eigenvalue weighted by Gasteiger charge is -2.41. The number of nitrogens with one attached hydrogen (secondary N) is 1. The molecule has 0 unspecified atom stereocenters. The number of alkyl halides is 1. The van der Waals surface area contributed by atoms with Gasteiger partial charge in [0.25, 0.3) is 5.91 Å². The summed E-state index contributed by atoms with van der Waals surface area (Å²) in [5, 5.41) is 5.24. The summed E-state index contributed by atoms with van der Waals surface area (Å²) in [6, 6.07) is 6.42. The van der Waals surface area contributed by atoms with Crippen LogP contribution in [-0.2, 0) is 9.53 Å². The Labute approximate surface area is 168 Å². The number of piperidine rings is 1. The van der Waals surface area contributed by atoms with Gasteiger partial charge in [0.05, 0.1) is 19.3 Å². The van der Waals surface area contributed by atoms with E-state index in [2.05, 4.69) is 21.3 Å². The molecular weight excluding hydrogens is 381 g/mol. The number of hydrogen-bond acceptors (Lipinski definition) is 4. The first kappa shape index (κ1) is 18.3. The molecule has 5 nitrogen and oxygen atoms in total. The maximum atomic E-state index is 13.9. The van der Waals surface area contributed by atoms with Crippen LogP contribution >= 0.6 is 11.6 Å². The molecule has 148 valence electrons. The molecule has 3 heterocycles. The van der Waals surface area contributed by atoms with E-state index < -0.39 is 11.6 Å². The molecule has 1 saturated carbocycles. The molecule has 2 aliphatic heterocycles. The van der Waals surface area contributed by atoms with Crippen molar-refractivity contribution in [1.82, 2.24) is 9.88 Å². The molecule has 7 heteroatoms. The van der Waals surface area contributed by atoms with Crippen molar-refractivity contribution in [1.29, 1.82) is 0 Å². The lowest BCUT2D eigenvalue weighted by molar-refractivity contribution is -0.122. The van der Waals surface area contributed by atoms with Crippen LogP contribution in [0, 0.1) is 0 Å². The fourth-order valence-electron chi connectivity index (χ4n) is 4.14. The smallest absolute Gasteiger partial charge is 0.263 e. The highest BCUT2D eigenvalue weighted by atomic mass is 35.5. The van der Waals surface area contributed by atoms with Gasteiger partial charge in [-0.15, -0.1) is 0 Å². The van der Waals surface area contributed by atoms with Crippen LogP contribution in [0.25, 0.3) is 10.8 Å². The summed E-state index contributed by atoms with van der Waals surface area (Å²) >= 11 is 6.59. The number of nitrogens with zero attached hydrogens (tertiary/aromatic N) is 2. The molecule has 1 amide bonds. The second-order valence-corrected chi connectivity index (χ2v) is 8.62. The summed E-state index contributed by atoms with van der Waals surface area (Å²) in [4.78, 5) is 18.7.